The molecule has 0 spiro atoms. The van der Waals surface area contributed by atoms with Gasteiger partial charge >= 0.3 is 0 Å². The maximum absolute atomic E-state index is 10.1. The lowest BCUT2D eigenvalue weighted by Gasteiger charge is -2.25. The topological polar surface area (TPSA) is 103 Å². The number of nitrogens with one attached hydrogen (secondary N) is 4. The van der Waals surface area contributed by atoms with Gasteiger partial charge in [-0.1, -0.05) is 4.94 Å². The summed E-state index contributed by atoms with van der Waals surface area (Å²) in [5.74, 6) is 11.1. The molecule has 7 nitrogen and oxygen atoms in total. The maximum Gasteiger partial charge on any atom is 0.0379 e. The van der Waals surface area contributed by atoms with Gasteiger partial charge < -0.3 is 11.0 Å². The van der Waals surface area contributed by atoms with Crippen LogP contribution in [0.2, 0.25) is 0 Å². The number of hydrogen-bond donors (Lipinski definition) is 4. The van der Waals surface area contributed by atoms with E-state index in [2.05, 4.69) is 16.3 Å². The Hall–Kier alpha value is -0.280. The summed E-state index contributed by atoms with van der Waals surface area (Å²) in [5, 5.41) is 8.89. The third-order valence-electron chi connectivity index (χ3n) is 0.561. The van der Waals surface area contributed by atoms with Gasteiger partial charge in [-0.25, -0.2) is 0 Å². The second kappa shape index (κ2) is 3.69. The van der Waals surface area contributed by atoms with E-state index in [1.54, 1.807) is 0 Å². The van der Waals surface area contributed by atoms with Gasteiger partial charge in [0.25, 0.3) is 0 Å². The number of nitrogens with two attached hydrogens (primary N) is 1. The lowest BCUT2D eigenvalue weighted by molar-refractivity contribution is -1.56. The molecule has 0 fully saturated rings. The summed E-state index contributed by atoms with van der Waals surface area (Å²) in [4.78, 5) is 3.68. The first kappa shape index (κ1) is 7.72. The van der Waals surface area contributed by atoms with Gasteiger partial charge in [-0.2, -0.15) is 5.90 Å². The Morgan fingerprint density at radius 3 is 2.50 bits per heavy atom. The summed E-state index contributed by atoms with van der Waals surface area (Å²) < 4.78 is 0. The summed E-state index contributed by atoms with van der Waals surface area (Å²) in [6.07, 6.45) is 0. The summed E-state index contributed by atoms with van der Waals surface area (Å²) in [6, 6.07) is 0. The molecule has 0 radical (unpaired) electrons. The standard InChI is InChI=1S/CH9N5O2/c1-4-5(2)6(7)8-3/h2,4-6H,3H2,1H3. The van der Waals surface area contributed by atoms with Crippen molar-refractivity contribution in [3.63, 3.8) is 0 Å². The van der Waals surface area contributed by atoms with Gasteiger partial charge in [-0.15, -0.1) is 10.7 Å². The minimum Gasteiger partial charge on any atom is -0.547 e. The molecule has 0 aliphatic heterocycles. The highest BCUT2D eigenvalue weighted by atomic mass is 17.0. The largest absolute Gasteiger partial charge is 0.547 e. The Bertz CT molecular complexity index is 50.4. The normalized spacial score (nSPS) is 18.0. The Kier molecular flexibility index (Phi) is 3.56. The van der Waals surface area contributed by atoms with E-state index in [0.29, 0.717) is 0 Å². The minimum absolute atomic E-state index is 0.354. The first-order valence-electron chi connectivity index (χ1n) is 1.89. The van der Waals surface area contributed by atoms with Crippen molar-refractivity contribution in [1.29, 1.82) is 0 Å². The lowest BCUT2D eigenvalue weighted by Crippen LogP contribution is -3.57. The fourth-order valence-electron chi connectivity index (χ4n) is 0.161. The molecule has 0 saturated carbocycles. The average molecular weight is 123 g/mol. The van der Waals surface area contributed by atoms with Crippen LogP contribution in [0.15, 0.2) is 0 Å². The van der Waals surface area contributed by atoms with Gasteiger partial charge in [0.05, 0.1) is 0 Å². The molecular weight excluding hydrogens is 114 g/mol. The van der Waals surface area contributed by atoms with Crippen LogP contribution in [0.4, 0.5) is 0 Å². The van der Waals surface area contributed by atoms with E-state index in [9.17, 15) is 5.21 Å². The van der Waals surface area contributed by atoms with Crippen molar-refractivity contribution in [2.75, 3.05) is 7.05 Å². The molecule has 6 N–H and O–H groups in total. The molecule has 7 heteroatoms. The zero-order valence-electron chi connectivity index (χ0n) is 4.39. The molecule has 0 heterocycles. The van der Waals surface area contributed by atoms with Crippen molar-refractivity contribution in [2.45, 2.75) is 0 Å². The van der Waals surface area contributed by atoms with Crippen molar-refractivity contribution >= 4 is 0 Å². The van der Waals surface area contributed by atoms with Crippen molar-refractivity contribution in [2.24, 2.45) is 5.90 Å². The monoisotopic (exact) mass is 123 g/mol. The highest BCUT2D eigenvalue weighted by Crippen LogP contribution is 1.16. The number of quaternary nitrogens is 2. The fourth-order valence-corrected chi connectivity index (χ4v) is 0.161. The summed E-state index contributed by atoms with van der Waals surface area (Å²) in [5.41, 5.74) is 2.24. The first-order chi connectivity index (χ1) is 3.72. The zero-order chi connectivity index (χ0) is 6.57. The van der Waals surface area contributed by atoms with Crippen LogP contribution in [-0.2, 0) is 4.94 Å². The van der Waals surface area contributed by atoms with Gasteiger partial charge in [-0.3, -0.25) is 0 Å². The Labute approximate surface area is 46.2 Å². The van der Waals surface area contributed by atoms with Crippen LogP contribution in [0.5, 0.6) is 0 Å². The molecule has 0 aromatic rings. The summed E-state index contributed by atoms with van der Waals surface area (Å²) >= 11 is 0. The van der Waals surface area contributed by atoms with Crippen molar-refractivity contribution in [3.8, 4) is 0 Å². The highest BCUT2D eigenvalue weighted by Gasteiger charge is 1.96. The third kappa shape index (κ3) is 2.14. The second-order valence-corrected chi connectivity index (χ2v) is 1.03. The summed E-state index contributed by atoms with van der Waals surface area (Å²) in [6.45, 7) is 0. The van der Waals surface area contributed by atoms with Gasteiger partial charge in [0, 0.05) is 7.05 Å². The van der Waals surface area contributed by atoms with Crippen LogP contribution in [0.3, 0.4) is 0 Å². The first-order valence-corrected chi connectivity index (χ1v) is 1.89. The van der Waals surface area contributed by atoms with E-state index in [-0.39, 0.29) is 5.23 Å². The van der Waals surface area contributed by atoms with E-state index < -0.39 is 5.34 Å². The Balaban J connectivity index is 3.29. The molecule has 8 heavy (non-hydrogen) atoms. The fraction of sp³-hybridized carbons (Fsp3) is 1.00. The van der Waals surface area contributed by atoms with Crippen LogP contribution in [0, 0.1) is 5.21 Å². The van der Waals surface area contributed by atoms with Gasteiger partial charge in [0.15, 0.2) is 0 Å². The lowest BCUT2D eigenvalue weighted by atomic mass is 11.5. The zero-order valence-corrected chi connectivity index (χ0v) is 4.39. The van der Waals surface area contributed by atoms with E-state index in [0.717, 1.165) is 0 Å². The molecule has 0 saturated heterocycles. The molecule has 0 aromatic heterocycles. The minimum atomic E-state index is -0.868. The van der Waals surface area contributed by atoms with Gasteiger partial charge in [0.1, 0.15) is 0 Å². The SMILES string of the molecule is CN[NH+]([NH-])[NH+]([O-])ON. The molecule has 0 bridgehead atoms. The average Bonchev–Trinajstić information content (AvgIpc) is 1.84. The third-order valence-corrected chi connectivity index (χ3v) is 0.561. The van der Waals surface area contributed by atoms with Crippen LogP contribution in [-0.4, -0.2) is 7.05 Å². The van der Waals surface area contributed by atoms with Crippen molar-refractivity contribution < 1.29 is 15.5 Å². The van der Waals surface area contributed by atoms with Gasteiger partial charge in [-0.05, 0) is 5.34 Å². The van der Waals surface area contributed by atoms with Crippen LogP contribution in [0.1, 0.15) is 0 Å². The molecule has 0 aliphatic rings. The predicted molar refractivity (Wildman–Crippen MR) is 23.9 cm³/mol. The van der Waals surface area contributed by atoms with E-state index in [1.165, 1.54) is 7.05 Å². The maximum atomic E-state index is 10.1. The molecule has 0 amide bonds. The summed E-state index contributed by atoms with van der Waals surface area (Å²) in [7, 11) is 1.43. The second-order valence-electron chi connectivity index (χ2n) is 1.03. The van der Waals surface area contributed by atoms with E-state index >= 15 is 0 Å². The van der Waals surface area contributed by atoms with Gasteiger partial charge in [0.2, 0.25) is 0 Å². The van der Waals surface area contributed by atoms with Crippen molar-refractivity contribution in [1.82, 2.24) is 5.43 Å². The Morgan fingerprint density at radius 1 is 1.88 bits per heavy atom. The molecule has 0 aliphatic carbocycles. The quantitative estimate of drug-likeness (QED) is 0.288. The molecule has 50 valence electrons. The number of hydrogen-bond acceptors (Lipinski definition) is 4. The van der Waals surface area contributed by atoms with E-state index in [4.69, 9.17) is 5.84 Å². The highest BCUT2D eigenvalue weighted by molar-refractivity contribution is 3.88. The van der Waals surface area contributed by atoms with E-state index in [1.807, 2.05) is 0 Å². The molecule has 2 atom stereocenters. The van der Waals surface area contributed by atoms with Crippen LogP contribution in [0.25, 0.3) is 5.84 Å². The van der Waals surface area contributed by atoms with Crippen LogP contribution < -0.4 is 21.9 Å². The molecular formula is CH9N5O2. The molecule has 0 aromatic carbocycles. The molecule has 2 unspecified atom stereocenters. The smallest absolute Gasteiger partial charge is 0.0379 e. The van der Waals surface area contributed by atoms with Crippen molar-refractivity contribution in [3.05, 3.63) is 11.0 Å². The molecule has 0 rings (SSSR count). The van der Waals surface area contributed by atoms with Crippen LogP contribution >= 0.6 is 0 Å². The number of rotatable bonds is 3. The Morgan fingerprint density at radius 2 is 2.38 bits per heavy atom. The predicted octanol–water partition coefficient (Wildman–Crippen LogP) is -3.92.